The molecule has 104 valence electrons. The van der Waals surface area contributed by atoms with Crippen LogP contribution in [0.2, 0.25) is 0 Å². The summed E-state index contributed by atoms with van der Waals surface area (Å²) in [6.45, 7) is 10.9. The second-order valence-electron chi connectivity index (χ2n) is 6.44. The maximum Gasteiger partial charge on any atom is 0.407 e. The number of amides is 1. The zero-order valence-corrected chi connectivity index (χ0v) is 11.8. The van der Waals surface area contributed by atoms with E-state index in [9.17, 15) is 4.79 Å². The molecule has 1 amide bonds. The molecular weight excluding hydrogens is 230 g/mol. The van der Waals surface area contributed by atoms with Crippen LogP contribution >= 0.6 is 0 Å². The smallest absolute Gasteiger partial charge is 0.407 e. The summed E-state index contributed by atoms with van der Waals surface area (Å²) in [6.07, 6.45) is 0.712. The molecule has 0 aromatic rings. The Hall–Kier alpha value is -0.810. The lowest BCUT2D eigenvalue weighted by Crippen LogP contribution is -2.53. The van der Waals surface area contributed by atoms with E-state index in [1.165, 1.54) is 0 Å². The number of ether oxygens (including phenoxy) is 1. The maximum absolute atomic E-state index is 11.7. The van der Waals surface area contributed by atoms with Crippen LogP contribution in [0.15, 0.2) is 0 Å². The van der Waals surface area contributed by atoms with Crippen molar-refractivity contribution in [3.63, 3.8) is 0 Å². The number of piperazine rings is 1. The van der Waals surface area contributed by atoms with Gasteiger partial charge in [0.15, 0.2) is 0 Å². The van der Waals surface area contributed by atoms with Gasteiger partial charge < -0.3 is 15.4 Å². The van der Waals surface area contributed by atoms with Crippen molar-refractivity contribution in [2.45, 2.75) is 57.8 Å². The summed E-state index contributed by atoms with van der Waals surface area (Å²) in [4.78, 5) is 14.2. The summed E-state index contributed by atoms with van der Waals surface area (Å²) in [5.41, 5.74) is -0.426. The van der Waals surface area contributed by atoms with E-state index in [1.807, 2.05) is 20.8 Å². The first-order valence-electron chi connectivity index (χ1n) is 6.81. The molecule has 0 spiro atoms. The topological polar surface area (TPSA) is 53.6 Å². The molecule has 2 saturated heterocycles. The number of fused-ring (bicyclic) bond motifs is 1. The zero-order valence-electron chi connectivity index (χ0n) is 11.8. The lowest BCUT2D eigenvalue weighted by atomic mass is 10.1. The predicted molar refractivity (Wildman–Crippen MR) is 70.6 cm³/mol. The Labute approximate surface area is 109 Å². The molecule has 18 heavy (non-hydrogen) atoms. The fourth-order valence-electron chi connectivity index (χ4n) is 2.84. The fourth-order valence-corrected chi connectivity index (χ4v) is 2.84. The first kappa shape index (κ1) is 13.6. The number of nitrogens with one attached hydrogen (secondary N) is 2. The highest BCUT2D eigenvalue weighted by Gasteiger charge is 2.37. The van der Waals surface area contributed by atoms with Crippen LogP contribution < -0.4 is 10.6 Å². The second-order valence-corrected chi connectivity index (χ2v) is 6.44. The Morgan fingerprint density at radius 2 is 2.11 bits per heavy atom. The number of carbonyl (C=O) groups is 1. The van der Waals surface area contributed by atoms with Crippen molar-refractivity contribution in [2.24, 2.45) is 0 Å². The van der Waals surface area contributed by atoms with Gasteiger partial charge in [0.05, 0.1) is 0 Å². The first-order valence-corrected chi connectivity index (χ1v) is 6.81. The predicted octanol–water partition coefficient (Wildman–Crippen LogP) is 0.946. The molecule has 2 heterocycles. The molecule has 0 bridgehead atoms. The molecule has 0 saturated carbocycles. The molecule has 2 fully saturated rings. The molecule has 0 aliphatic carbocycles. The molecule has 5 nitrogen and oxygen atoms in total. The number of hydrogen-bond donors (Lipinski definition) is 2. The van der Waals surface area contributed by atoms with Crippen molar-refractivity contribution in [1.82, 2.24) is 15.5 Å². The lowest BCUT2D eigenvalue weighted by molar-refractivity contribution is 0.0504. The van der Waals surface area contributed by atoms with Crippen LogP contribution in [0.1, 0.15) is 34.1 Å². The van der Waals surface area contributed by atoms with Gasteiger partial charge in [0.25, 0.3) is 0 Å². The van der Waals surface area contributed by atoms with Crippen LogP contribution in [0.5, 0.6) is 0 Å². The second kappa shape index (κ2) is 5.05. The molecule has 2 N–H and O–H groups in total. The van der Waals surface area contributed by atoms with E-state index >= 15 is 0 Å². The summed E-state index contributed by atoms with van der Waals surface area (Å²) in [7, 11) is 0. The molecule has 0 aromatic heterocycles. The van der Waals surface area contributed by atoms with Crippen molar-refractivity contribution in [3.05, 3.63) is 0 Å². The van der Waals surface area contributed by atoms with E-state index < -0.39 is 5.60 Å². The minimum absolute atomic E-state index is 0.215. The Morgan fingerprint density at radius 3 is 2.72 bits per heavy atom. The number of rotatable bonds is 1. The van der Waals surface area contributed by atoms with Gasteiger partial charge in [-0.05, 0) is 34.1 Å². The van der Waals surface area contributed by atoms with Gasteiger partial charge in [-0.25, -0.2) is 4.79 Å². The Morgan fingerprint density at radius 1 is 1.39 bits per heavy atom. The maximum atomic E-state index is 11.7. The van der Waals surface area contributed by atoms with E-state index in [4.69, 9.17) is 4.74 Å². The molecule has 5 heteroatoms. The highest BCUT2D eigenvalue weighted by molar-refractivity contribution is 5.68. The Balaban J connectivity index is 1.84. The molecule has 2 aliphatic heterocycles. The normalized spacial score (nSPS) is 33.0. The zero-order chi connectivity index (χ0) is 13.3. The van der Waals surface area contributed by atoms with Crippen molar-refractivity contribution < 1.29 is 9.53 Å². The fraction of sp³-hybridized carbons (Fsp3) is 0.923. The van der Waals surface area contributed by atoms with Crippen molar-refractivity contribution in [1.29, 1.82) is 0 Å². The van der Waals surface area contributed by atoms with Crippen LogP contribution in [0.25, 0.3) is 0 Å². The average Bonchev–Trinajstić information content (AvgIpc) is 2.58. The van der Waals surface area contributed by atoms with Gasteiger partial charge in [0.1, 0.15) is 5.60 Å². The summed E-state index contributed by atoms with van der Waals surface area (Å²) in [5.74, 6) is 0. The molecule has 1 unspecified atom stereocenters. The third-order valence-electron chi connectivity index (χ3n) is 3.56. The van der Waals surface area contributed by atoms with Crippen LogP contribution in [0.3, 0.4) is 0 Å². The minimum Gasteiger partial charge on any atom is -0.444 e. The highest BCUT2D eigenvalue weighted by Crippen LogP contribution is 2.22. The monoisotopic (exact) mass is 255 g/mol. The summed E-state index contributed by atoms with van der Waals surface area (Å²) < 4.78 is 5.30. The van der Waals surface area contributed by atoms with Gasteiger partial charge in [-0.15, -0.1) is 0 Å². The number of carbonyl (C=O) groups excluding carboxylic acids is 1. The molecule has 2 aliphatic rings. The summed E-state index contributed by atoms with van der Waals surface area (Å²) in [5, 5.41) is 6.41. The Bertz CT molecular complexity index is 314. The van der Waals surface area contributed by atoms with E-state index in [2.05, 4.69) is 22.5 Å². The lowest BCUT2D eigenvalue weighted by Gasteiger charge is -2.35. The summed E-state index contributed by atoms with van der Waals surface area (Å²) >= 11 is 0. The van der Waals surface area contributed by atoms with Gasteiger partial charge in [-0.1, -0.05) is 0 Å². The van der Waals surface area contributed by atoms with Crippen molar-refractivity contribution in [3.8, 4) is 0 Å². The first-order chi connectivity index (χ1) is 8.35. The molecule has 2 rings (SSSR count). The molecule has 3 atom stereocenters. The van der Waals surface area contributed by atoms with Crippen LogP contribution in [-0.2, 0) is 4.74 Å². The SMILES string of the molecule is C[C@@H]1CNC[C@@H]2CC(NC(=O)OC(C)(C)C)CN21. The van der Waals surface area contributed by atoms with E-state index in [-0.39, 0.29) is 12.1 Å². The van der Waals surface area contributed by atoms with E-state index in [0.717, 1.165) is 26.1 Å². The van der Waals surface area contributed by atoms with Gasteiger partial charge in [0, 0.05) is 37.8 Å². The van der Waals surface area contributed by atoms with Gasteiger partial charge in [0.2, 0.25) is 0 Å². The highest BCUT2D eigenvalue weighted by atomic mass is 16.6. The third-order valence-corrected chi connectivity index (χ3v) is 3.56. The van der Waals surface area contributed by atoms with Crippen LogP contribution in [0.4, 0.5) is 4.79 Å². The van der Waals surface area contributed by atoms with Crippen LogP contribution in [0, 0.1) is 0 Å². The van der Waals surface area contributed by atoms with Crippen molar-refractivity contribution >= 4 is 6.09 Å². The number of hydrogen-bond acceptors (Lipinski definition) is 4. The quantitative estimate of drug-likeness (QED) is 0.732. The number of alkyl carbamates (subject to hydrolysis) is 1. The largest absolute Gasteiger partial charge is 0.444 e. The van der Waals surface area contributed by atoms with Gasteiger partial charge in [-0.3, -0.25) is 4.90 Å². The standard InChI is InChI=1S/C13H25N3O2/c1-9-6-14-7-11-5-10(8-16(9)11)15-12(17)18-13(2,3)4/h9-11,14H,5-8H2,1-4H3,(H,15,17)/t9-,10?,11+/m1/s1. The van der Waals surface area contributed by atoms with Crippen molar-refractivity contribution in [2.75, 3.05) is 19.6 Å². The van der Waals surface area contributed by atoms with Crippen LogP contribution in [-0.4, -0.2) is 54.4 Å². The van der Waals surface area contributed by atoms with E-state index in [1.54, 1.807) is 0 Å². The minimum atomic E-state index is -0.426. The summed E-state index contributed by atoms with van der Waals surface area (Å²) in [6, 6.07) is 1.31. The van der Waals surface area contributed by atoms with E-state index in [0.29, 0.717) is 12.1 Å². The van der Waals surface area contributed by atoms with Gasteiger partial charge >= 0.3 is 6.09 Å². The average molecular weight is 255 g/mol. The Kier molecular flexibility index (Phi) is 3.82. The molecular formula is C13H25N3O2. The third kappa shape index (κ3) is 3.36. The number of nitrogens with zero attached hydrogens (tertiary/aromatic N) is 1. The molecule has 0 aromatic carbocycles. The van der Waals surface area contributed by atoms with Gasteiger partial charge in [-0.2, -0.15) is 0 Å². The molecule has 0 radical (unpaired) electrons.